The van der Waals surface area contributed by atoms with Crippen LogP contribution in [0.2, 0.25) is 10.0 Å². The Morgan fingerprint density at radius 1 is 1.42 bits per heavy atom. The first kappa shape index (κ1) is 14.6. The van der Waals surface area contributed by atoms with E-state index < -0.39 is 0 Å². The third-order valence-corrected chi connectivity index (χ3v) is 4.85. The lowest BCUT2D eigenvalue weighted by molar-refractivity contribution is -0.113. The summed E-state index contributed by atoms with van der Waals surface area (Å²) in [5, 5.41) is 12.1. The summed E-state index contributed by atoms with van der Waals surface area (Å²) in [5.74, 6) is 0.0827. The predicted molar refractivity (Wildman–Crippen MR) is 80.5 cm³/mol. The van der Waals surface area contributed by atoms with Crippen LogP contribution in [0.1, 0.15) is 5.01 Å². The lowest BCUT2D eigenvalue weighted by Crippen LogP contribution is -2.14. The Hall–Kier alpha value is -0.820. The summed E-state index contributed by atoms with van der Waals surface area (Å²) in [4.78, 5) is 11.8. The molecular weight excluding hydrogens is 325 g/mol. The second kappa shape index (κ2) is 6.56. The Balaban J connectivity index is 1.92. The quantitative estimate of drug-likeness (QED) is 0.862. The number of anilines is 1. The van der Waals surface area contributed by atoms with Crippen LogP contribution in [0.25, 0.3) is 0 Å². The maximum Gasteiger partial charge on any atom is 0.234 e. The largest absolute Gasteiger partial charge is 0.324 e. The Morgan fingerprint density at radius 3 is 2.89 bits per heavy atom. The molecule has 0 aliphatic rings. The molecule has 0 saturated heterocycles. The van der Waals surface area contributed by atoms with Gasteiger partial charge in [0.05, 0.1) is 21.5 Å². The van der Waals surface area contributed by atoms with Gasteiger partial charge in [0, 0.05) is 0 Å². The van der Waals surface area contributed by atoms with Crippen molar-refractivity contribution in [2.45, 2.75) is 11.3 Å². The number of carbonyl (C=O) groups excluding carboxylic acids is 1. The molecule has 0 unspecified atom stereocenters. The zero-order chi connectivity index (χ0) is 13.8. The minimum absolute atomic E-state index is 0.165. The first-order valence-electron chi connectivity index (χ1n) is 5.23. The van der Waals surface area contributed by atoms with Crippen LogP contribution in [0.4, 0.5) is 5.69 Å². The summed E-state index contributed by atoms with van der Waals surface area (Å²) in [6.45, 7) is 1.87. The Bertz CT molecular complexity index is 603. The number of halogens is 2. The Kier molecular flexibility index (Phi) is 5.04. The van der Waals surface area contributed by atoms with Crippen molar-refractivity contribution in [2.75, 3.05) is 11.1 Å². The van der Waals surface area contributed by atoms with Gasteiger partial charge < -0.3 is 5.32 Å². The van der Waals surface area contributed by atoms with Crippen LogP contribution in [0.3, 0.4) is 0 Å². The van der Waals surface area contributed by atoms with E-state index in [1.165, 1.54) is 23.1 Å². The number of carbonyl (C=O) groups is 1. The zero-order valence-electron chi connectivity index (χ0n) is 9.81. The zero-order valence-corrected chi connectivity index (χ0v) is 13.0. The fourth-order valence-electron chi connectivity index (χ4n) is 1.25. The number of hydrogen-bond acceptors (Lipinski definition) is 5. The molecule has 1 N–H and O–H groups in total. The van der Waals surface area contributed by atoms with Gasteiger partial charge in [-0.1, -0.05) is 52.4 Å². The molecular formula is C11H9Cl2N3OS2. The summed E-state index contributed by atoms with van der Waals surface area (Å²) in [5.41, 5.74) is 0.508. The van der Waals surface area contributed by atoms with Gasteiger partial charge in [-0.25, -0.2) is 0 Å². The van der Waals surface area contributed by atoms with Crippen molar-refractivity contribution in [3.8, 4) is 0 Å². The number of aryl methyl sites for hydroxylation is 1. The lowest BCUT2D eigenvalue weighted by atomic mass is 10.3. The predicted octanol–water partition coefficient (Wildman–Crippen LogP) is 3.88. The van der Waals surface area contributed by atoms with Crippen molar-refractivity contribution in [3.63, 3.8) is 0 Å². The average molecular weight is 334 g/mol. The molecule has 0 spiro atoms. The third-order valence-electron chi connectivity index (χ3n) is 2.06. The van der Waals surface area contributed by atoms with E-state index in [0.29, 0.717) is 15.7 Å². The number of benzene rings is 1. The number of amides is 1. The summed E-state index contributed by atoms with van der Waals surface area (Å²) in [6.07, 6.45) is 0. The second-order valence-corrected chi connectivity index (χ2v) is 6.71. The number of nitrogens with zero attached hydrogens (tertiary/aromatic N) is 2. The van der Waals surface area contributed by atoms with E-state index in [-0.39, 0.29) is 11.7 Å². The van der Waals surface area contributed by atoms with Crippen LogP contribution in [-0.4, -0.2) is 21.9 Å². The van der Waals surface area contributed by atoms with E-state index >= 15 is 0 Å². The summed E-state index contributed by atoms with van der Waals surface area (Å²) < 4.78 is 0.768. The highest BCUT2D eigenvalue weighted by atomic mass is 35.5. The van der Waals surface area contributed by atoms with Gasteiger partial charge in [0.25, 0.3) is 0 Å². The van der Waals surface area contributed by atoms with E-state index in [0.717, 1.165) is 9.35 Å². The summed E-state index contributed by atoms with van der Waals surface area (Å²) >= 11 is 14.6. The maximum atomic E-state index is 11.8. The normalized spacial score (nSPS) is 10.5. The van der Waals surface area contributed by atoms with Crippen molar-refractivity contribution in [3.05, 3.63) is 33.3 Å². The number of hydrogen-bond donors (Lipinski definition) is 1. The molecule has 1 amide bonds. The Morgan fingerprint density at radius 2 is 2.21 bits per heavy atom. The second-order valence-electron chi connectivity index (χ2n) is 3.53. The number of rotatable bonds is 4. The highest BCUT2D eigenvalue weighted by Crippen LogP contribution is 2.30. The molecule has 0 aliphatic carbocycles. The molecule has 2 aromatic rings. The van der Waals surface area contributed by atoms with Gasteiger partial charge in [-0.2, -0.15) is 0 Å². The van der Waals surface area contributed by atoms with Gasteiger partial charge in [0.2, 0.25) is 5.91 Å². The van der Waals surface area contributed by atoms with Crippen LogP contribution in [0, 0.1) is 6.92 Å². The Labute approximate surface area is 128 Å². The van der Waals surface area contributed by atoms with Crippen molar-refractivity contribution in [1.82, 2.24) is 10.2 Å². The van der Waals surface area contributed by atoms with Crippen LogP contribution in [0.15, 0.2) is 22.5 Å². The molecule has 19 heavy (non-hydrogen) atoms. The van der Waals surface area contributed by atoms with Gasteiger partial charge in [-0.3, -0.25) is 4.79 Å². The first-order chi connectivity index (χ1) is 9.06. The molecule has 0 aliphatic heterocycles. The smallest absolute Gasteiger partial charge is 0.234 e. The van der Waals surface area contributed by atoms with E-state index in [1.807, 2.05) is 6.92 Å². The molecule has 0 radical (unpaired) electrons. The summed E-state index contributed by atoms with van der Waals surface area (Å²) in [6, 6.07) is 5.09. The molecule has 0 saturated carbocycles. The van der Waals surface area contributed by atoms with Crippen LogP contribution in [0.5, 0.6) is 0 Å². The summed E-state index contributed by atoms with van der Waals surface area (Å²) in [7, 11) is 0. The molecule has 8 heteroatoms. The van der Waals surface area contributed by atoms with Gasteiger partial charge in [0.1, 0.15) is 5.01 Å². The SMILES string of the molecule is Cc1nnc(SCC(=O)Nc2cccc(Cl)c2Cl)s1. The van der Waals surface area contributed by atoms with Crippen molar-refractivity contribution < 1.29 is 4.79 Å². The monoisotopic (exact) mass is 333 g/mol. The van der Waals surface area contributed by atoms with Gasteiger partial charge >= 0.3 is 0 Å². The van der Waals surface area contributed by atoms with Crippen molar-refractivity contribution >= 4 is 57.9 Å². The molecule has 1 aromatic heterocycles. The molecule has 0 atom stereocenters. The topological polar surface area (TPSA) is 54.9 Å². The average Bonchev–Trinajstić information content (AvgIpc) is 2.78. The molecule has 0 fully saturated rings. The van der Waals surface area contributed by atoms with E-state index in [2.05, 4.69) is 15.5 Å². The number of aromatic nitrogens is 2. The first-order valence-corrected chi connectivity index (χ1v) is 7.79. The molecule has 1 heterocycles. The van der Waals surface area contributed by atoms with Gasteiger partial charge in [0.15, 0.2) is 4.34 Å². The minimum Gasteiger partial charge on any atom is -0.324 e. The van der Waals surface area contributed by atoms with Gasteiger partial charge in [-0.05, 0) is 19.1 Å². The molecule has 4 nitrogen and oxygen atoms in total. The highest BCUT2D eigenvalue weighted by molar-refractivity contribution is 8.01. The van der Waals surface area contributed by atoms with E-state index in [1.54, 1.807) is 18.2 Å². The van der Waals surface area contributed by atoms with E-state index in [9.17, 15) is 4.79 Å². The fraction of sp³-hybridized carbons (Fsp3) is 0.182. The van der Waals surface area contributed by atoms with Crippen LogP contribution in [-0.2, 0) is 4.79 Å². The van der Waals surface area contributed by atoms with Crippen molar-refractivity contribution in [1.29, 1.82) is 0 Å². The highest BCUT2D eigenvalue weighted by Gasteiger charge is 2.10. The minimum atomic E-state index is -0.165. The third kappa shape index (κ3) is 4.07. The van der Waals surface area contributed by atoms with Crippen molar-refractivity contribution in [2.24, 2.45) is 0 Å². The van der Waals surface area contributed by atoms with Crippen LogP contribution < -0.4 is 5.32 Å². The molecule has 2 rings (SSSR count). The fourth-order valence-corrected chi connectivity index (χ4v) is 3.21. The van der Waals surface area contributed by atoms with Gasteiger partial charge in [-0.15, -0.1) is 10.2 Å². The molecule has 0 bridgehead atoms. The van der Waals surface area contributed by atoms with Crippen LogP contribution >= 0.6 is 46.3 Å². The maximum absolute atomic E-state index is 11.8. The molecule has 1 aromatic carbocycles. The molecule has 100 valence electrons. The van der Waals surface area contributed by atoms with E-state index in [4.69, 9.17) is 23.2 Å². The number of thioether (sulfide) groups is 1. The lowest BCUT2D eigenvalue weighted by Gasteiger charge is -2.07. The standard InChI is InChI=1S/C11H9Cl2N3OS2/c1-6-15-16-11(19-6)18-5-9(17)14-8-4-2-3-7(12)10(8)13/h2-4H,5H2,1H3,(H,14,17). The number of nitrogens with one attached hydrogen (secondary N) is 1.